The Morgan fingerprint density at radius 1 is 1.25 bits per heavy atom. The van der Waals surface area contributed by atoms with Gasteiger partial charge in [0.2, 0.25) is 0 Å². The van der Waals surface area contributed by atoms with Gasteiger partial charge < -0.3 is 31.5 Å². The van der Waals surface area contributed by atoms with Gasteiger partial charge in [0, 0.05) is 0 Å². The molecule has 8 N–H and O–H groups in total. The Balaban J connectivity index is 2.44. The monoisotopic (exact) mass is 286 g/mol. The number of ether oxygens (including phenoxy) is 1. The minimum atomic E-state index is -1.42. The van der Waals surface area contributed by atoms with Gasteiger partial charge in [-0.05, 0) is 0 Å². The second-order valence-electron chi connectivity index (χ2n) is 4.35. The molecule has 2 amide bonds. The van der Waals surface area contributed by atoms with Crippen LogP contribution in [0, 0.1) is 0 Å². The van der Waals surface area contributed by atoms with Crippen molar-refractivity contribution in [3.63, 3.8) is 0 Å². The lowest BCUT2D eigenvalue weighted by Gasteiger charge is -2.13. The van der Waals surface area contributed by atoms with E-state index in [0.717, 1.165) is 0 Å². The molecule has 110 valence electrons. The number of nitrogens with zero attached hydrogens (tertiary/aromatic N) is 1. The minimum absolute atomic E-state index is 0.0752. The Morgan fingerprint density at radius 3 is 2.35 bits per heavy atom. The average Bonchev–Trinajstić information content (AvgIpc) is 2.93. The predicted molar refractivity (Wildman–Crippen MR) is 62.3 cm³/mol. The Hall–Kier alpha value is -2.01. The molecule has 1 saturated heterocycles. The Kier molecular flexibility index (Phi) is 3.72. The van der Waals surface area contributed by atoms with E-state index in [2.05, 4.69) is 10.2 Å². The molecule has 0 radical (unpaired) electrons. The van der Waals surface area contributed by atoms with E-state index in [-0.39, 0.29) is 17.0 Å². The van der Waals surface area contributed by atoms with E-state index < -0.39 is 42.8 Å². The van der Waals surface area contributed by atoms with Gasteiger partial charge in [0.25, 0.3) is 11.8 Å². The fraction of sp³-hybridized carbons (Fsp3) is 0.500. The van der Waals surface area contributed by atoms with Gasteiger partial charge in [-0.25, -0.2) is 0 Å². The molecule has 2 rings (SSSR count). The number of rotatable bonds is 4. The minimum Gasteiger partial charge on any atom is -0.394 e. The highest BCUT2D eigenvalue weighted by atomic mass is 16.6. The number of H-pyrrole nitrogens is 1. The molecule has 0 aromatic carbocycles. The summed E-state index contributed by atoms with van der Waals surface area (Å²) in [4.78, 5) is 22.6. The van der Waals surface area contributed by atoms with Crippen molar-refractivity contribution >= 4 is 11.8 Å². The summed E-state index contributed by atoms with van der Waals surface area (Å²) < 4.78 is 5.22. The van der Waals surface area contributed by atoms with Crippen molar-refractivity contribution in [3.05, 3.63) is 17.0 Å². The number of nitrogens with one attached hydrogen (secondary N) is 1. The summed E-state index contributed by atoms with van der Waals surface area (Å²) >= 11 is 0. The van der Waals surface area contributed by atoms with Gasteiger partial charge in [0.1, 0.15) is 24.4 Å². The topological polar surface area (TPSA) is 185 Å². The SMILES string of the molecule is NC(=O)c1n[nH]c([C@@H]2O[C@@H](CO)[C@H](O)[C@@H]2O)c1C(N)=O. The smallest absolute Gasteiger partial charge is 0.270 e. The number of carbonyl (C=O) groups is 2. The van der Waals surface area contributed by atoms with E-state index in [0.29, 0.717) is 0 Å². The maximum absolute atomic E-state index is 11.4. The Morgan fingerprint density at radius 2 is 1.90 bits per heavy atom. The van der Waals surface area contributed by atoms with Gasteiger partial charge in [0.05, 0.1) is 17.9 Å². The van der Waals surface area contributed by atoms with Crippen molar-refractivity contribution in [2.45, 2.75) is 24.4 Å². The van der Waals surface area contributed by atoms with E-state index in [1.165, 1.54) is 0 Å². The molecular formula is C10H14N4O6. The van der Waals surface area contributed by atoms with Crippen LogP contribution in [0.3, 0.4) is 0 Å². The van der Waals surface area contributed by atoms with Crippen molar-refractivity contribution in [1.29, 1.82) is 0 Å². The van der Waals surface area contributed by atoms with Crippen molar-refractivity contribution < 1.29 is 29.6 Å². The molecule has 1 aromatic heterocycles. The first kappa shape index (κ1) is 14.4. The molecule has 10 heteroatoms. The number of hydrogen-bond donors (Lipinski definition) is 6. The van der Waals surface area contributed by atoms with Crippen LogP contribution in [-0.2, 0) is 4.74 Å². The van der Waals surface area contributed by atoms with E-state index >= 15 is 0 Å². The van der Waals surface area contributed by atoms with Crippen LogP contribution in [-0.4, -0.2) is 62.3 Å². The van der Waals surface area contributed by atoms with Crippen LogP contribution in [0.1, 0.15) is 32.6 Å². The van der Waals surface area contributed by atoms with Crippen LogP contribution in [0.25, 0.3) is 0 Å². The predicted octanol–water partition coefficient (Wildman–Crippen LogP) is -3.24. The molecule has 0 bridgehead atoms. The first-order valence-corrected chi connectivity index (χ1v) is 5.68. The van der Waals surface area contributed by atoms with E-state index in [1.807, 2.05) is 0 Å². The highest BCUT2D eigenvalue weighted by Gasteiger charge is 2.45. The molecule has 10 nitrogen and oxygen atoms in total. The number of aromatic amines is 1. The highest BCUT2D eigenvalue weighted by Crippen LogP contribution is 2.34. The van der Waals surface area contributed by atoms with Crippen LogP contribution in [0.4, 0.5) is 0 Å². The Bertz CT molecular complexity index is 544. The largest absolute Gasteiger partial charge is 0.394 e. The van der Waals surface area contributed by atoms with Crippen molar-refractivity contribution in [3.8, 4) is 0 Å². The van der Waals surface area contributed by atoms with Crippen molar-refractivity contribution in [2.24, 2.45) is 11.5 Å². The summed E-state index contributed by atoms with van der Waals surface area (Å²) in [6.45, 7) is -0.530. The zero-order valence-corrected chi connectivity index (χ0v) is 10.2. The molecule has 1 aromatic rings. The molecule has 1 fully saturated rings. The van der Waals surface area contributed by atoms with Gasteiger partial charge in [0.15, 0.2) is 5.69 Å². The summed E-state index contributed by atoms with van der Waals surface area (Å²) in [5.41, 5.74) is 9.44. The number of amides is 2. The molecule has 1 aliphatic heterocycles. The quantitative estimate of drug-likeness (QED) is 0.335. The first-order chi connectivity index (χ1) is 9.38. The van der Waals surface area contributed by atoms with Gasteiger partial charge in [-0.1, -0.05) is 0 Å². The summed E-state index contributed by atoms with van der Waals surface area (Å²) in [5, 5.41) is 34.4. The standard InChI is InChI=1S/C10H14N4O6/c11-9(18)3-4(13-14-5(3)10(12)19)8-7(17)6(16)2(1-15)20-8/h2,6-8,15-17H,1H2,(H2,11,18)(H2,12,19)(H,13,14)/t2-,6-,7-,8-/m0/s1. The number of primary amides is 2. The molecule has 0 saturated carbocycles. The number of aliphatic hydroxyl groups is 3. The number of aliphatic hydroxyl groups excluding tert-OH is 3. The maximum Gasteiger partial charge on any atom is 0.270 e. The molecule has 20 heavy (non-hydrogen) atoms. The third-order valence-corrected chi connectivity index (χ3v) is 3.10. The van der Waals surface area contributed by atoms with Gasteiger partial charge in [-0.2, -0.15) is 5.10 Å². The number of aromatic nitrogens is 2. The Labute approximate surface area is 112 Å². The maximum atomic E-state index is 11.4. The normalized spacial score (nSPS) is 29.6. The molecule has 4 atom stereocenters. The van der Waals surface area contributed by atoms with Crippen molar-refractivity contribution in [2.75, 3.05) is 6.61 Å². The molecule has 1 aliphatic rings. The van der Waals surface area contributed by atoms with Crippen molar-refractivity contribution in [1.82, 2.24) is 10.2 Å². The third-order valence-electron chi connectivity index (χ3n) is 3.10. The molecule has 0 unspecified atom stereocenters. The second kappa shape index (κ2) is 5.17. The zero-order valence-electron chi connectivity index (χ0n) is 10.2. The average molecular weight is 286 g/mol. The van der Waals surface area contributed by atoms with E-state index in [9.17, 15) is 19.8 Å². The molecule has 2 heterocycles. The lowest BCUT2D eigenvalue weighted by atomic mass is 10.0. The number of nitrogens with two attached hydrogens (primary N) is 2. The fourth-order valence-corrected chi connectivity index (χ4v) is 2.13. The van der Waals surface area contributed by atoms with Crippen LogP contribution in [0.2, 0.25) is 0 Å². The van der Waals surface area contributed by atoms with Crippen LogP contribution < -0.4 is 11.5 Å². The van der Waals surface area contributed by atoms with Gasteiger partial charge >= 0.3 is 0 Å². The van der Waals surface area contributed by atoms with Crippen LogP contribution in [0.15, 0.2) is 0 Å². The van der Waals surface area contributed by atoms with Crippen LogP contribution in [0.5, 0.6) is 0 Å². The van der Waals surface area contributed by atoms with E-state index in [1.54, 1.807) is 0 Å². The first-order valence-electron chi connectivity index (χ1n) is 5.68. The molecule has 0 spiro atoms. The van der Waals surface area contributed by atoms with E-state index in [4.69, 9.17) is 21.3 Å². The lowest BCUT2D eigenvalue weighted by Crippen LogP contribution is -2.32. The molecular weight excluding hydrogens is 272 g/mol. The number of carbonyl (C=O) groups excluding carboxylic acids is 2. The highest BCUT2D eigenvalue weighted by molar-refractivity contribution is 6.05. The molecule has 0 aliphatic carbocycles. The van der Waals surface area contributed by atoms with Crippen LogP contribution >= 0.6 is 0 Å². The lowest BCUT2D eigenvalue weighted by molar-refractivity contribution is -0.0241. The summed E-state index contributed by atoms with van der Waals surface area (Å²) in [5.74, 6) is -1.96. The summed E-state index contributed by atoms with van der Waals surface area (Å²) in [6, 6.07) is 0. The summed E-state index contributed by atoms with van der Waals surface area (Å²) in [7, 11) is 0. The summed E-state index contributed by atoms with van der Waals surface area (Å²) in [6.07, 6.45) is -5.00. The third kappa shape index (κ3) is 2.14. The zero-order chi connectivity index (χ0) is 15.0. The number of hydrogen-bond acceptors (Lipinski definition) is 7. The second-order valence-corrected chi connectivity index (χ2v) is 4.35. The van der Waals surface area contributed by atoms with Gasteiger partial charge in [-0.3, -0.25) is 14.7 Å². The van der Waals surface area contributed by atoms with Gasteiger partial charge in [-0.15, -0.1) is 0 Å². The fourth-order valence-electron chi connectivity index (χ4n) is 2.13.